The summed E-state index contributed by atoms with van der Waals surface area (Å²) in [6.45, 7) is 6.48. The lowest BCUT2D eigenvalue weighted by Gasteiger charge is -2.20. The lowest BCUT2D eigenvalue weighted by atomic mass is 9.93. The van der Waals surface area contributed by atoms with Gasteiger partial charge in [0, 0.05) is 30.9 Å². The molecule has 0 aliphatic carbocycles. The van der Waals surface area contributed by atoms with Crippen LogP contribution in [0, 0.1) is 12.8 Å². The molecule has 0 bridgehead atoms. The predicted octanol–water partition coefficient (Wildman–Crippen LogP) is 2.70. The van der Waals surface area contributed by atoms with Gasteiger partial charge in [-0.25, -0.2) is 4.98 Å². The quantitative estimate of drug-likeness (QED) is 0.674. The fourth-order valence-corrected chi connectivity index (χ4v) is 2.90. The molecule has 8 heteroatoms. The van der Waals surface area contributed by atoms with Crippen LogP contribution in [0.25, 0.3) is 11.3 Å². The van der Waals surface area contributed by atoms with Gasteiger partial charge in [0.1, 0.15) is 11.6 Å². The standard InChI is InChI=1S/C20H25N5O3/c1-12(13(2)17-7-6-15(27-5)9-22-17)11-28-20-16(10-21-14(3)23-20)18-8-19(26)24-25(18)4/h6-10,12-13H,11H2,1-5H3,(H,24,26)/t12-,13+/m1/s1. The van der Waals surface area contributed by atoms with E-state index in [2.05, 4.69) is 33.9 Å². The first-order valence-electron chi connectivity index (χ1n) is 9.11. The van der Waals surface area contributed by atoms with Gasteiger partial charge in [-0.05, 0) is 25.0 Å². The highest BCUT2D eigenvalue weighted by molar-refractivity contribution is 5.64. The molecule has 3 rings (SSSR count). The van der Waals surface area contributed by atoms with Crippen LogP contribution in [0.15, 0.2) is 35.4 Å². The Bertz CT molecular complexity index is 994. The van der Waals surface area contributed by atoms with Gasteiger partial charge in [0.05, 0.1) is 31.2 Å². The molecular formula is C20H25N5O3. The van der Waals surface area contributed by atoms with E-state index in [4.69, 9.17) is 9.47 Å². The Hall–Kier alpha value is -3.16. The summed E-state index contributed by atoms with van der Waals surface area (Å²) in [5.41, 5.74) is 2.15. The Morgan fingerprint density at radius 3 is 2.61 bits per heavy atom. The maximum absolute atomic E-state index is 11.6. The Kier molecular flexibility index (Phi) is 5.77. The summed E-state index contributed by atoms with van der Waals surface area (Å²) in [5.74, 6) is 2.19. The van der Waals surface area contributed by atoms with E-state index in [1.165, 1.54) is 6.07 Å². The summed E-state index contributed by atoms with van der Waals surface area (Å²) in [4.78, 5) is 24.8. The molecule has 2 atom stereocenters. The van der Waals surface area contributed by atoms with Gasteiger partial charge in [-0.3, -0.25) is 19.6 Å². The lowest BCUT2D eigenvalue weighted by Crippen LogP contribution is -2.17. The average Bonchev–Trinajstić information content (AvgIpc) is 3.03. The SMILES string of the molecule is COc1ccc([C@@H](C)[C@H](C)COc2nc(C)ncc2-c2cc(=O)[nH]n2C)nc1. The molecule has 0 fully saturated rings. The highest BCUT2D eigenvalue weighted by atomic mass is 16.5. The molecule has 0 radical (unpaired) electrons. The van der Waals surface area contributed by atoms with Gasteiger partial charge in [0.15, 0.2) is 0 Å². The number of H-pyrrole nitrogens is 1. The highest BCUT2D eigenvalue weighted by Gasteiger charge is 2.19. The van der Waals surface area contributed by atoms with Crippen LogP contribution in [0.4, 0.5) is 0 Å². The number of nitrogens with zero attached hydrogens (tertiary/aromatic N) is 4. The van der Waals surface area contributed by atoms with Gasteiger partial charge in [-0.1, -0.05) is 13.8 Å². The third-order valence-electron chi connectivity index (χ3n) is 4.86. The van der Waals surface area contributed by atoms with Crippen LogP contribution in [0.5, 0.6) is 11.6 Å². The molecular weight excluding hydrogens is 358 g/mol. The molecule has 8 nitrogen and oxygen atoms in total. The van der Waals surface area contributed by atoms with Crippen LogP contribution in [0.1, 0.15) is 31.3 Å². The lowest BCUT2D eigenvalue weighted by molar-refractivity contribution is 0.232. The second kappa shape index (κ2) is 8.24. The molecule has 0 spiro atoms. The summed E-state index contributed by atoms with van der Waals surface area (Å²) in [6.07, 6.45) is 3.40. The number of hydrogen-bond donors (Lipinski definition) is 1. The average molecular weight is 383 g/mol. The largest absolute Gasteiger partial charge is 0.495 e. The second-order valence-corrected chi connectivity index (χ2v) is 6.90. The molecule has 0 unspecified atom stereocenters. The second-order valence-electron chi connectivity index (χ2n) is 6.90. The van der Waals surface area contributed by atoms with E-state index in [0.717, 1.165) is 11.4 Å². The number of methoxy groups -OCH3 is 1. The van der Waals surface area contributed by atoms with Crippen molar-refractivity contribution in [3.05, 3.63) is 52.5 Å². The number of nitrogens with one attached hydrogen (secondary N) is 1. The van der Waals surface area contributed by atoms with Gasteiger partial charge in [0.2, 0.25) is 5.88 Å². The molecule has 148 valence electrons. The molecule has 3 aromatic heterocycles. The molecule has 0 aliphatic heterocycles. The molecule has 0 aromatic carbocycles. The van der Waals surface area contributed by atoms with Crippen molar-refractivity contribution in [3.8, 4) is 22.9 Å². The number of aromatic amines is 1. The van der Waals surface area contributed by atoms with Crippen LogP contribution >= 0.6 is 0 Å². The van der Waals surface area contributed by atoms with Crippen molar-refractivity contribution in [1.29, 1.82) is 0 Å². The maximum atomic E-state index is 11.6. The number of hydrogen-bond acceptors (Lipinski definition) is 6. The zero-order valence-electron chi connectivity index (χ0n) is 16.8. The number of ether oxygens (including phenoxy) is 2. The first kappa shape index (κ1) is 19.6. The van der Waals surface area contributed by atoms with E-state index >= 15 is 0 Å². The van der Waals surface area contributed by atoms with Gasteiger partial charge in [0.25, 0.3) is 5.56 Å². The summed E-state index contributed by atoms with van der Waals surface area (Å²) < 4.78 is 12.9. The Morgan fingerprint density at radius 1 is 1.21 bits per heavy atom. The maximum Gasteiger partial charge on any atom is 0.264 e. The van der Waals surface area contributed by atoms with Crippen molar-refractivity contribution in [3.63, 3.8) is 0 Å². The zero-order valence-corrected chi connectivity index (χ0v) is 16.8. The van der Waals surface area contributed by atoms with Gasteiger partial charge >= 0.3 is 0 Å². The minimum Gasteiger partial charge on any atom is -0.495 e. The van der Waals surface area contributed by atoms with Crippen molar-refractivity contribution in [2.75, 3.05) is 13.7 Å². The third-order valence-corrected chi connectivity index (χ3v) is 4.86. The van der Waals surface area contributed by atoms with Crippen molar-refractivity contribution < 1.29 is 9.47 Å². The minimum absolute atomic E-state index is 0.184. The third kappa shape index (κ3) is 4.21. The van der Waals surface area contributed by atoms with Crippen LogP contribution in [0.3, 0.4) is 0 Å². The smallest absolute Gasteiger partial charge is 0.264 e. The van der Waals surface area contributed by atoms with Crippen molar-refractivity contribution in [2.45, 2.75) is 26.7 Å². The van der Waals surface area contributed by atoms with Crippen LogP contribution in [-0.4, -0.2) is 38.4 Å². The predicted molar refractivity (Wildman–Crippen MR) is 106 cm³/mol. The Morgan fingerprint density at radius 2 is 2.00 bits per heavy atom. The highest BCUT2D eigenvalue weighted by Crippen LogP contribution is 2.29. The summed E-state index contributed by atoms with van der Waals surface area (Å²) in [7, 11) is 3.39. The Balaban J connectivity index is 1.77. The molecule has 0 amide bonds. The summed E-state index contributed by atoms with van der Waals surface area (Å²) >= 11 is 0. The Labute approximate surface area is 163 Å². The number of rotatable bonds is 7. The van der Waals surface area contributed by atoms with E-state index in [0.29, 0.717) is 29.6 Å². The van der Waals surface area contributed by atoms with Crippen molar-refractivity contribution >= 4 is 0 Å². The monoisotopic (exact) mass is 383 g/mol. The minimum atomic E-state index is -0.184. The van der Waals surface area contributed by atoms with E-state index < -0.39 is 0 Å². The molecule has 0 saturated carbocycles. The van der Waals surface area contributed by atoms with Crippen molar-refractivity contribution in [1.82, 2.24) is 24.7 Å². The number of aromatic nitrogens is 5. The summed E-state index contributed by atoms with van der Waals surface area (Å²) in [5, 5.41) is 2.69. The molecule has 0 aliphatic rings. The summed E-state index contributed by atoms with van der Waals surface area (Å²) in [6, 6.07) is 5.38. The van der Waals surface area contributed by atoms with Crippen LogP contribution < -0.4 is 15.0 Å². The fourth-order valence-electron chi connectivity index (χ4n) is 2.90. The van der Waals surface area contributed by atoms with Gasteiger partial charge in [-0.15, -0.1) is 0 Å². The molecule has 3 aromatic rings. The van der Waals surface area contributed by atoms with E-state index in [1.54, 1.807) is 38.2 Å². The van der Waals surface area contributed by atoms with Gasteiger partial charge < -0.3 is 9.47 Å². The van der Waals surface area contributed by atoms with E-state index in [9.17, 15) is 4.79 Å². The zero-order chi connectivity index (χ0) is 20.3. The fraction of sp³-hybridized carbons (Fsp3) is 0.400. The topological polar surface area (TPSA) is 94.9 Å². The molecule has 28 heavy (non-hydrogen) atoms. The first-order valence-corrected chi connectivity index (χ1v) is 9.11. The number of aryl methyl sites for hydroxylation is 2. The molecule has 0 saturated heterocycles. The van der Waals surface area contributed by atoms with Crippen LogP contribution in [0.2, 0.25) is 0 Å². The van der Waals surface area contributed by atoms with Crippen LogP contribution in [-0.2, 0) is 7.05 Å². The van der Waals surface area contributed by atoms with E-state index in [-0.39, 0.29) is 17.4 Å². The van der Waals surface area contributed by atoms with Crippen molar-refractivity contribution in [2.24, 2.45) is 13.0 Å². The number of pyridine rings is 1. The molecule has 3 heterocycles. The van der Waals surface area contributed by atoms with E-state index in [1.807, 2.05) is 12.1 Å². The van der Waals surface area contributed by atoms with Gasteiger partial charge in [-0.2, -0.15) is 4.98 Å². The first-order chi connectivity index (χ1) is 13.4. The normalized spacial score (nSPS) is 13.2. The molecule has 1 N–H and O–H groups in total.